The van der Waals surface area contributed by atoms with Gasteiger partial charge in [-0.05, 0) is 24.3 Å². The number of hydrogen-bond donors (Lipinski definition) is 0. The summed E-state index contributed by atoms with van der Waals surface area (Å²) < 4.78 is 28.9. The third kappa shape index (κ3) is 3.30. The Hall–Kier alpha value is -1.01. The van der Waals surface area contributed by atoms with E-state index in [9.17, 15) is 8.42 Å². The number of nitrogens with zero attached hydrogens (tertiary/aromatic N) is 1. The SMILES string of the molecule is O=S(=O)(Oc1c(Cl)cc(Cl)cc1Cl)c1cccnc1. The second kappa shape index (κ2) is 5.54. The van der Waals surface area contributed by atoms with Gasteiger partial charge in [0.05, 0.1) is 10.0 Å². The van der Waals surface area contributed by atoms with E-state index in [0.717, 1.165) is 6.20 Å². The minimum atomic E-state index is -4.05. The minimum absolute atomic E-state index is 0.00460. The van der Waals surface area contributed by atoms with Gasteiger partial charge < -0.3 is 4.18 Å². The summed E-state index contributed by atoms with van der Waals surface area (Å²) in [7, 11) is -4.05. The molecule has 0 amide bonds. The van der Waals surface area contributed by atoms with E-state index in [1.54, 1.807) is 0 Å². The lowest BCUT2D eigenvalue weighted by atomic mass is 10.3. The van der Waals surface area contributed by atoms with Crippen LogP contribution < -0.4 is 4.18 Å². The van der Waals surface area contributed by atoms with Crippen molar-refractivity contribution >= 4 is 44.9 Å². The molecule has 0 atom stereocenters. The first-order valence-electron chi connectivity index (χ1n) is 4.89. The van der Waals surface area contributed by atoms with E-state index in [1.807, 2.05) is 0 Å². The fourth-order valence-electron chi connectivity index (χ4n) is 1.26. The highest BCUT2D eigenvalue weighted by Gasteiger charge is 2.20. The molecule has 1 aromatic carbocycles. The van der Waals surface area contributed by atoms with Gasteiger partial charge >= 0.3 is 10.1 Å². The topological polar surface area (TPSA) is 56.3 Å². The summed E-state index contributed by atoms with van der Waals surface area (Å²) >= 11 is 17.4. The Balaban J connectivity index is 2.42. The van der Waals surface area contributed by atoms with Crippen molar-refractivity contribution in [2.24, 2.45) is 0 Å². The molecule has 100 valence electrons. The Morgan fingerprint density at radius 1 is 1.11 bits per heavy atom. The zero-order valence-corrected chi connectivity index (χ0v) is 12.3. The minimum Gasteiger partial charge on any atom is -0.376 e. The van der Waals surface area contributed by atoms with E-state index in [1.165, 1.54) is 30.5 Å². The molecule has 8 heteroatoms. The Labute approximate surface area is 125 Å². The Morgan fingerprint density at radius 3 is 2.26 bits per heavy atom. The first kappa shape index (κ1) is 14.4. The van der Waals surface area contributed by atoms with E-state index < -0.39 is 10.1 Å². The summed E-state index contributed by atoms with van der Waals surface area (Å²) in [4.78, 5) is 3.61. The normalized spacial score (nSPS) is 11.3. The van der Waals surface area contributed by atoms with Crippen LogP contribution in [-0.4, -0.2) is 13.4 Å². The number of rotatable bonds is 3. The van der Waals surface area contributed by atoms with Crippen molar-refractivity contribution in [1.29, 1.82) is 0 Å². The van der Waals surface area contributed by atoms with Crippen LogP contribution in [-0.2, 0) is 10.1 Å². The Bertz CT molecular complexity index is 681. The third-order valence-electron chi connectivity index (χ3n) is 2.08. The van der Waals surface area contributed by atoms with Crippen molar-refractivity contribution < 1.29 is 12.6 Å². The summed E-state index contributed by atoms with van der Waals surface area (Å²) in [5, 5.41) is 0.288. The summed E-state index contributed by atoms with van der Waals surface area (Å²) in [5.41, 5.74) is 0. The molecule has 0 spiro atoms. The van der Waals surface area contributed by atoms with Crippen LogP contribution in [0.5, 0.6) is 5.75 Å². The number of hydrogen-bond acceptors (Lipinski definition) is 4. The predicted molar refractivity (Wildman–Crippen MR) is 73.5 cm³/mol. The Kier molecular flexibility index (Phi) is 4.20. The van der Waals surface area contributed by atoms with Gasteiger partial charge in [0.1, 0.15) is 4.90 Å². The first-order chi connectivity index (χ1) is 8.90. The Morgan fingerprint density at radius 2 is 1.74 bits per heavy atom. The second-order valence-corrected chi connectivity index (χ2v) is 6.22. The molecule has 1 heterocycles. The molecule has 19 heavy (non-hydrogen) atoms. The van der Waals surface area contributed by atoms with Crippen molar-refractivity contribution in [3.63, 3.8) is 0 Å². The van der Waals surface area contributed by atoms with Gasteiger partial charge in [-0.15, -0.1) is 0 Å². The number of aromatic nitrogens is 1. The molecule has 0 aliphatic heterocycles. The molecule has 0 unspecified atom stereocenters. The van der Waals surface area contributed by atoms with Gasteiger partial charge in [0.25, 0.3) is 0 Å². The van der Waals surface area contributed by atoms with Crippen molar-refractivity contribution in [3.8, 4) is 5.75 Å². The number of halogens is 3. The average Bonchev–Trinajstić information content (AvgIpc) is 2.35. The lowest BCUT2D eigenvalue weighted by Crippen LogP contribution is -2.10. The molecule has 0 aliphatic rings. The molecule has 4 nitrogen and oxygen atoms in total. The van der Waals surface area contributed by atoms with Gasteiger partial charge in [-0.25, -0.2) is 0 Å². The zero-order chi connectivity index (χ0) is 14.0. The zero-order valence-electron chi connectivity index (χ0n) is 9.18. The number of pyridine rings is 1. The third-order valence-corrected chi connectivity index (χ3v) is 4.06. The fourth-order valence-corrected chi connectivity index (χ4v) is 3.18. The molecule has 0 saturated heterocycles. The first-order valence-corrected chi connectivity index (χ1v) is 7.43. The molecule has 0 saturated carbocycles. The van der Waals surface area contributed by atoms with E-state index >= 15 is 0 Å². The van der Waals surface area contributed by atoms with Crippen LogP contribution in [0.3, 0.4) is 0 Å². The molecule has 0 fully saturated rings. The molecule has 2 aromatic rings. The summed E-state index contributed by atoms with van der Waals surface area (Å²) in [6.07, 6.45) is 2.61. The summed E-state index contributed by atoms with van der Waals surface area (Å²) in [6.45, 7) is 0. The molecular weight excluding hydrogens is 333 g/mol. The maximum atomic E-state index is 12.0. The van der Waals surface area contributed by atoms with Crippen LogP contribution in [0.15, 0.2) is 41.6 Å². The van der Waals surface area contributed by atoms with Gasteiger partial charge in [-0.3, -0.25) is 4.98 Å². The highest BCUT2D eigenvalue weighted by atomic mass is 35.5. The highest BCUT2D eigenvalue weighted by Crippen LogP contribution is 2.37. The van der Waals surface area contributed by atoms with Crippen molar-refractivity contribution in [1.82, 2.24) is 4.98 Å². The average molecular weight is 339 g/mol. The van der Waals surface area contributed by atoms with Crippen LogP contribution in [0.4, 0.5) is 0 Å². The van der Waals surface area contributed by atoms with Gasteiger partial charge in [0.2, 0.25) is 0 Å². The quantitative estimate of drug-likeness (QED) is 0.799. The largest absolute Gasteiger partial charge is 0.376 e. The maximum absolute atomic E-state index is 12.0. The van der Waals surface area contributed by atoms with Gasteiger partial charge in [-0.1, -0.05) is 34.8 Å². The van der Waals surface area contributed by atoms with Gasteiger partial charge in [0, 0.05) is 17.4 Å². The van der Waals surface area contributed by atoms with E-state index in [4.69, 9.17) is 39.0 Å². The van der Waals surface area contributed by atoms with Crippen molar-refractivity contribution in [2.75, 3.05) is 0 Å². The molecule has 0 radical (unpaired) electrons. The smallest absolute Gasteiger partial charge is 0.340 e. The highest BCUT2D eigenvalue weighted by molar-refractivity contribution is 7.87. The van der Waals surface area contributed by atoms with E-state index in [-0.39, 0.29) is 25.7 Å². The number of benzene rings is 1. The van der Waals surface area contributed by atoms with Crippen LogP contribution >= 0.6 is 34.8 Å². The van der Waals surface area contributed by atoms with Crippen LogP contribution in [0.25, 0.3) is 0 Å². The maximum Gasteiger partial charge on any atom is 0.340 e. The van der Waals surface area contributed by atoms with E-state index in [2.05, 4.69) is 4.98 Å². The summed E-state index contributed by atoms with van der Waals surface area (Å²) in [5.74, 6) is -0.170. The molecule has 1 aromatic heterocycles. The molecule has 0 aliphatic carbocycles. The predicted octanol–water partition coefficient (Wildman–Crippen LogP) is 3.81. The lowest BCUT2D eigenvalue weighted by molar-refractivity contribution is 0.486. The van der Waals surface area contributed by atoms with Crippen LogP contribution in [0, 0.1) is 0 Å². The summed E-state index contributed by atoms with van der Waals surface area (Å²) in [6, 6.07) is 5.49. The van der Waals surface area contributed by atoms with Crippen molar-refractivity contribution in [2.45, 2.75) is 4.90 Å². The van der Waals surface area contributed by atoms with Crippen LogP contribution in [0.2, 0.25) is 15.1 Å². The lowest BCUT2D eigenvalue weighted by Gasteiger charge is -2.10. The van der Waals surface area contributed by atoms with E-state index in [0.29, 0.717) is 0 Å². The van der Waals surface area contributed by atoms with Crippen LogP contribution in [0.1, 0.15) is 0 Å². The standard InChI is InChI=1S/C11H6Cl3NO3S/c12-7-4-9(13)11(10(14)5-7)18-19(16,17)8-2-1-3-15-6-8/h1-6H. The molecule has 0 N–H and O–H groups in total. The fraction of sp³-hybridized carbons (Fsp3) is 0. The molecule has 2 rings (SSSR count). The monoisotopic (exact) mass is 337 g/mol. The molecular formula is C11H6Cl3NO3S. The van der Waals surface area contributed by atoms with Gasteiger partial charge in [-0.2, -0.15) is 8.42 Å². The van der Waals surface area contributed by atoms with Crippen molar-refractivity contribution in [3.05, 3.63) is 51.7 Å². The molecule has 0 bridgehead atoms. The van der Waals surface area contributed by atoms with Gasteiger partial charge in [0.15, 0.2) is 5.75 Å². The second-order valence-electron chi connectivity index (χ2n) is 3.42.